The third kappa shape index (κ3) is 3.28. The van der Waals surface area contributed by atoms with Crippen LogP contribution in [0.3, 0.4) is 0 Å². The largest absolute Gasteiger partial charge is 0.314 e. The van der Waals surface area contributed by atoms with Gasteiger partial charge >= 0.3 is 0 Å². The molecule has 0 spiro atoms. The van der Waals surface area contributed by atoms with Crippen LogP contribution in [0.15, 0.2) is 11.6 Å². The average Bonchev–Trinajstić information content (AvgIpc) is 2.71. The predicted octanol–water partition coefficient (Wildman–Crippen LogP) is 2.85. The molecule has 1 aromatic heterocycles. The van der Waals surface area contributed by atoms with Gasteiger partial charge in [-0.15, -0.1) is 11.3 Å². The summed E-state index contributed by atoms with van der Waals surface area (Å²) in [6.45, 7) is 3.30. The van der Waals surface area contributed by atoms with Gasteiger partial charge in [-0.1, -0.05) is 13.3 Å². The molecule has 1 aliphatic carbocycles. The first kappa shape index (κ1) is 11.1. The monoisotopic (exact) mass is 224 g/mol. The van der Waals surface area contributed by atoms with Crippen molar-refractivity contribution in [1.29, 1.82) is 0 Å². The van der Waals surface area contributed by atoms with Gasteiger partial charge in [-0.2, -0.15) is 0 Å². The number of aromatic nitrogens is 1. The van der Waals surface area contributed by atoms with E-state index in [4.69, 9.17) is 0 Å². The summed E-state index contributed by atoms with van der Waals surface area (Å²) in [7, 11) is 0. The number of rotatable bonds is 4. The Balaban J connectivity index is 1.82. The smallest absolute Gasteiger partial charge is 0.0927 e. The summed E-state index contributed by atoms with van der Waals surface area (Å²) in [5.41, 5.74) is 0. The Labute approximate surface area is 96.1 Å². The van der Waals surface area contributed by atoms with E-state index in [2.05, 4.69) is 22.6 Å². The lowest BCUT2D eigenvalue weighted by Crippen LogP contribution is -2.34. The molecule has 1 saturated carbocycles. The first-order valence-electron chi connectivity index (χ1n) is 6.00. The Morgan fingerprint density at radius 1 is 1.53 bits per heavy atom. The standard InChI is InChI=1S/C12H20N2S/c1-2-13-11-5-3-4-10(8-11)9-12-14-6-7-15-12/h6-7,10-11,13H,2-5,8-9H2,1H3. The molecule has 0 amide bonds. The second kappa shape index (κ2) is 5.61. The SMILES string of the molecule is CCNC1CCCC(Cc2nccs2)C1. The quantitative estimate of drug-likeness (QED) is 0.850. The van der Waals surface area contributed by atoms with Crippen LogP contribution in [0, 0.1) is 5.92 Å². The van der Waals surface area contributed by atoms with E-state index in [1.165, 1.54) is 37.1 Å². The van der Waals surface area contributed by atoms with Crippen LogP contribution >= 0.6 is 11.3 Å². The summed E-state index contributed by atoms with van der Waals surface area (Å²) in [6.07, 6.45) is 8.59. The van der Waals surface area contributed by atoms with Crippen LogP contribution in [-0.2, 0) is 6.42 Å². The summed E-state index contributed by atoms with van der Waals surface area (Å²) in [5, 5.41) is 6.98. The molecule has 15 heavy (non-hydrogen) atoms. The summed E-state index contributed by atoms with van der Waals surface area (Å²) in [6, 6.07) is 0.758. The van der Waals surface area contributed by atoms with Gasteiger partial charge in [0.1, 0.15) is 0 Å². The van der Waals surface area contributed by atoms with Gasteiger partial charge in [0, 0.05) is 24.0 Å². The number of nitrogens with one attached hydrogen (secondary N) is 1. The van der Waals surface area contributed by atoms with Gasteiger partial charge in [0.2, 0.25) is 0 Å². The third-order valence-corrected chi connectivity index (χ3v) is 4.02. The van der Waals surface area contributed by atoms with Crippen LogP contribution in [0.5, 0.6) is 0 Å². The average molecular weight is 224 g/mol. The predicted molar refractivity (Wildman–Crippen MR) is 65.2 cm³/mol. The molecule has 84 valence electrons. The zero-order chi connectivity index (χ0) is 10.5. The summed E-state index contributed by atoms with van der Waals surface area (Å²) < 4.78 is 0. The van der Waals surface area contributed by atoms with Crippen LogP contribution in [0.4, 0.5) is 0 Å². The highest BCUT2D eigenvalue weighted by Gasteiger charge is 2.21. The van der Waals surface area contributed by atoms with Crippen molar-refractivity contribution in [2.24, 2.45) is 5.92 Å². The second-order valence-corrected chi connectivity index (χ2v) is 5.40. The molecule has 0 radical (unpaired) electrons. The first-order valence-corrected chi connectivity index (χ1v) is 6.88. The molecule has 0 aromatic carbocycles. The lowest BCUT2D eigenvalue weighted by atomic mass is 9.84. The minimum atomic E-state index is 0.758. The van der Waals surface area contributed by atoms with Crippen LogP contribution in [-0.4, -0.2) is 17.6 Å². The Bertz CT molecular complexity index is 269. The normalized spacial score (nSPS) is 26.7. The van der Waals surface area contributed by atoms with Crippen molar-refractivity contribution < 1.29 is 0 Å². The Morgan fingerprint density at radius 3 is 3.20 bits per heavy atom. The molecule has 2 nitrogen and oxygen atoms in total. The molecule has 1 aliphatic rings. The third-order valence-electron chi connectivity index (χ3n) is 3.22. The molecule has 3 heteroatoms. The molecule has 2 rings (SSSR count). The summed E-state index contributed by atoms with van der Waals surface area (Å²) >= 11 is 1.80. The fourth-order valence-electron chi connectivity index (χ4n) is 2.55. The van der Waals surface area contributed by atoms with Gasteiger partial charge in [0.25, 0.3) is 0 Å². The molecule has 2 unspecified atom stereocenters. The number of hydrogen-bond acceptors (Lipinski definition) is 3. The summed E-state index contributed by atoms with van der Waals surface area (Å²) in [5.74, 6) is 0.856. The highest BCUT2D eigenvalue weighted by atomic mass is 32.1. The minimum Gasteiger partial charge on any atom is -0.314 e. The van der Waals surface area contributed by atoms with Gasteiger partial charge in [-0.25, -0.2) is 4.98 Å². The maximum atomic E-state index is 4.38. The van der Waals surface area contributed by atoms with Crippen molar-refractivity contribution in [3.63, 3.8) is 0 Å². The van der Waals surface area contributed by atoms with E-state index in [9.17, 15) is 0 Å². The molecule has 0 aliphatic heterocycles. The lowest BCUT2D eigenvalue weighted by molar-refractivity contribution is 0.287. The van der Waals surface area contributed by atoms with Crippen LogP contribution in [0.1, 0.15) is 37.6 Å². The topological polar surface area (TPSA) is 24.9 Å². The molecule has 0 saturated heterocycles. The number of thiazole rings is 1. The number of hydrogen-bond donors (Lipinski definition) is 1. The van der Waals surface area contributed by atoms with Crippen molar-refractivity contribution in [1.82, 2.24) is 10.3 Å². The van der Waals surface area contributed by atoms with Crippen molar-refractivity contribution >= 4 is 11.3 Å². The Hall–Kier alpha value is -0.410. The van der Waals surface area contributed by atoms with E-state index in [1.807, 2.05) is 6.20 Å². The van der Waals surface area contributed by atoms with Crippen LogP contribution < -0.4 is 5.32 Å². The molecule has 1 N–H and O–H groups in total. The fraction of sp³-hybridized carbons (Fsp3) is 0.750. The summed E-state index contributed by atoms with van der Waals surface area (Å²) in [4.78, 5) is 4.38. The molecular formula is C12H20N2S. The van der Waals surface area contributed by atoms with Crippen LogP contribution in [0.2, 0.25) is 0 Å². The van der Waals surface area contributed by atoms with Gasteiger partial charge < -0.3 is 5.32 Å². The zero-order valence-electron chi connectivity index (χ0n) is 9.41. The van der Waals surface area contributed by atoms with Crippen molar-refractivity contribution in [3.8, 4) is 0 Å². The fourth-order valence-corrected chi connectivity index (χ4v) is 3.28. The van der Waals surface area contributed by atoms with E-state index in [1.54, 1.807) is 11.3 Å². The lowest BCUT2D eigenvalue weighted by Gasteiger charge is -2.29. The van der Waals surface area contributed by atoms with Gasteiger partial charge in [0.15, 0.2) is 0 Å². The number of nitrogens with zero attached hydrogens (tertiary/aromatic N) is 1. The molecular weight excluding hydrogens is 204 g/mol. The van der Waals surface area contributed by atoms with Crippen molar-refractivity contribution in [3.05, 3.63) is 16.6 Å². The maximum Gasteiger partial charge on any atom is 0.0927 e. The Morgan fingerprint density at radius 2 is 2.47 bits per heavy atom. The highest BCUT2D eigenvalue weighted by Crippen LogP contribution is 2.27. The second-order valence-electron chi connectivity index (χ2n) is 4.42. The van der Waals surface area contributed by atoms with E-state index >= 15 is 0 Å². The zero-order valence-corrected chi connectivity index (χ0v) is 10.2. The molecule has 1 aromatic rings. The molecule has 1 heterocycles. The van der Waals surface area contributed by atoms with Gasteiger partial charge in [0.05, 0.1) is 5.01 Å². The highest BCUT2D eigenvalue weighted by molar-refractivity contribution is 7.09. The van der Waals surface area contributed by atoms with E-state index in [0.717, 1.165) is 18.5 Å². The van der Waals surface area contributed by atoms with Gasteiger partial charge in [-0.05, 0) is 31.7 Å². The van der Waals surface area contributed by atoms with Gasteiger partial charge in [-0.3, -0.25) is 0 Å². The van der Waals surface area contributed by atoms with Crippen LogP contribution in [0.25, 0.3) is 0 Å². The van der Waals surface area contributed by atoms with E-state index in [-0.39, 0.29) is 0 Å². The van der Waals surface area contributed by atoms with Crippen molar-refractivity contribution in [2.45, 2.75) is 45.1 Å². The van der Waals surface area contributed by atoms with Crippen molar-refractivity contribution in [2.75, 3.05) is 6.54 Å². The molecule has 1 fully saturated rings. The first-order chi connectivity index (χ1) is 7.38. The maximum absolute atomic E-state index is 4.38. The minimum absolute atomic E-state index is 0.758. The molecule has 2 atom stereocenters. The van der Waals surface area contributed by atoms with E-state index in [0.29, 0.717) is 0 Å². The Kier molecular flexibility index (Phi) is 4.15. The molecule has 0 bridgehead atoms. The van der Waals surface area contributed by atoms with E-state index < -0.39 is 0 Å².